The minimum Gasteiger partial charge on any atom is -0.310 e. The van der Waals surface area contributed by atoms with Gasteiger partial charge in [0.25, 0.3) is 0 Å². The van der Waals surface area contributed by atoms with Crippen molar-refractivity contribution < 1.29 is 0 Å². The third kappa shape index (κ3) is 3.90. The molecule has 44 heavy (non-hydrogen) atoms. The Morgan fingerprint density at radius 3 is 1.95 bits per heavy atom. The van der Waals surface area contributed by atoms with Gasteiger partial charge in [-0.1, -0.05) is 109 Å². The number of hydrogen-bond acceptors (Lipinski definition) is 3. The van der Waals surface area contributed by atoms with E-state index in [1.54, 1.807) is 0 Å². The molecule has 206 valence electrons. The number of rotatable bonds is 4. The first kappa shape index (κ1) is 25.0. The lowest BCUT2D eigenvalue weighted by atomic mass is 9.95. The molecule has 9 rings (SSSR count). The fraction of sp³-hybridized carbons (Fsp3) is 0. The van der Waals surface area contributed by atoms with Crippen LogP contribution in [0.2, 0.25) is 0 Å². The summed E-state index contributed by atoms with van der Waals surface area (Å²) < 4.78 is 2.56. The van der Waals surface area contributed by atoms with Gasteiger partial charge in [-0.2, -0.15) is 0 Å². The van der Waals surface area contributed by atoms with Gasteiger partial charge in [0.2, 0.25) is 0 Å². The maximum atomic E-state index is 4.89. The Morgan fingerprint density at radius 2 is 1.11 bits per heavy atom. The van der Waals surface area contributed by atoms with Crippen molar-refractivity contribution in [1.82, 2.24) is 4.98 Å². The van der Waals surface area contributed by atoms with E-state index in [1.165, 1.54) is 52.5 Å². The van der Waals surface area contributed by atoms with Crippen LogP contribution in [-0.4, -0.2) is 4.98 Å². The minimum atomic E-state index is 1.03. The van der Waals surface area contributed by atoms with E-state index < -0.39 is 0 Å². The molecule has 0 spiro atoms. The first-order valence-electron chi connectivity index (χ1n) is 14.9. The largest absolute Gasteiger partial charge is 0.310 e. The summed E-state index contributed by atoms with van der Waals surface area (Å²) in [5, 5.41) is 10.0. The Kier molecular flexibility index (Phi) is 5.71. The highest BCUT2D eigenvalue weighted by Gasteiger charge is 2.19. The predicted octanol–water partition coefficient (Wildman–Crippen LogP) is 12.0. The number of anilines is 3. The summed E-state index contributed by atoms with van der Waals surface area (Å²) in [5.74, 6) is 0. The molecule has 0 aliphatic heterocycles. The van der Waals surface area contributed by atoms with E-state index in [1.807, 2.05) is 17.5 Å². The lowest BCUT2D eigenvalue weighted by Crippen LogP contribution is -2.10. The molecular formula is C41H26N2S. The quantitative estimate of drug-likeness (QED) is 0.193. The summed E-state index contributed by atoms with van der Waals surface area (Å²) in [5.41, 5.74) is 5.53. The van der Waals surface area contributed by atoms with Crippen molar-refractivity contribution in [3.63, 3.8) is 0 Å². The van der Waals surface area contributed by atoms with Crippen molar-refractivity contribution >= 4 is 80.9 Å². The number of pyridine rings is 1. The summed E-state index contributed by atoms with van der Waals surface area (Å²) in [6, 6.07) is 54.7. The van der Waals surface area contributed by atoms with Crippen molar-refractivity contribution in [1.29, 1.82) is 0 Å². The van der Waals surface area contributed by atoms with Gasteiger partial charge in [0.1, 0.15) is 0 Å². The maximum Gasteiger partial charge on any atom is 0.0795 e. The molecule has 0 unspecified atom stereocenters. The zero-order valence-electron chi connectivity index (χ0n) is 23.8. The fourth-order valence-corrected chi connectivity index (χ4v) is 7.79. The number of para-hydroxylation sites is 1. The number of thiophene rings is 1. The molecule has 0 aliphatic carbocycles. The highest BCUT2D eigenvalue weighted by Crippen LogP contribution is 2.44. The van der Waals surface area contributed by atoms with Crippen LogP contribution in [0.25, 0.3) is 63.7 Å². The van der Waals surface area contributed by atoms with Gasteiger partial charge in [0, 0.05) is 48.7 Å². The number of fused-ring (bicyclic) bond motifs is 8. The van der Waals surface area contributed by atoms with Gasteiger partial charge in [-0.05, 0) is 69.4 Å². The SMILES string of the molecule is c1ccc(N(c2ccc(-c3nccc4sc5ccccc5c34)cc2)c2cc3c4ccccc4ccc3c3ccccc23)cc1. The third-order valence-electron chi connectivity index (χ3n) is 8.69. The van der Waals surface area contributed by atoms with Crippen molar-refractivity contribution in [3.8, 4) is 11.3 Å². The van der Waals surface area contributed by atoms with Crippen molar-refractivity contribution in [2.75, 3.05) is 4.90 Å². The fourth-order valence-electron chi connectivity index (χ4n) is 6.69. The zero-order valence-corrected chi connectivity index (χ0v) is 24.6. The first-order chi connectivity index (χ1) is 21.8. The van der Waals surface area contributed by atoms with E-state index in [4.69, 9.17) is 4.98 Å². The Morgan fingerprint density at radius 1 is 0.455 bits per heavy atom. The number of nitrogens with zero attached hydrogens (tertiary/aromatic N) is 2. The molecule has 0 amide bonds. The smallest absolute Gasteiger partial charge is 0.0795 e. The standard InChI is InChI=1S/C41H26N2S/c1-2-11-29(12-3-1)43(37-26-36-31-13-5-4-10-27(31)20-23-33(36)32-14-6-7-15-34(32)37)30-21-18-28(19-22-30)41-40-35-16-8-9-17-38(35)44-39(40)24-25-42-41/h1-26H. The van der Waals surface area contributed by atoms with Gasteiger partial charge in [0.05, 0.1) is 11.4 Å². The normalized spacial score (nSPS) is 11.6. The Labute approximate surface area is 259 Å². The van der Waals surface area contributed by atoms with E-state index in [9.17, 15) is 0 Å². The molecule has 0 saturated heterocycles. The number of benzene rings is 7. The molecular weight excluding hydrogens is 553 g/mol. The lowest BCUT2D eigenvalue weighted by Gasteiger charge is -2.28. The Bertz CT molecular complexity index is 2490. The van der Waals surface area contributed by atoms with Gasteiger partial charge in [-0.15, -0.1) is 11.3 Å². The van der Waals surface area contributed by atoms with Gasteiger partial charge in [-0.3, -0.25) is 4.98 Å². The van der Waals surface area contributed by atoms with Crippen molar-refractivity contribution in [2.24, 2.45) is 0 Å². The second-order valence-corrected chi connectivity index (χ2v) is 12.3. The zero-order chi connectivity index (χ0) is 29.0. The van der Waals surface area contributed by atoms with Gasteiger partial charge < -0.3 is 4.90 Å². The second kappa shape index (κ2) is 10.0. The van der Waals surface area contributed by atoms with Crippen LogP contribution in [0.3, 0.4) is 0 Å². The lowest BCUT2D eigenvalue weighted by molar-refractivity contribution is 1.30. The summed E-state index contributed by atoms with van der Waals surface area (Å²) in [4.78, 5) is 7.28. The topological polar surface area (TPSA) is 16.1 Å². The number of aromatic nitrogens is 1. The van der Waals surface area contributed by atoms with Crippen LogP contribution in [0.1, 0.15) is 0 Å². The van der Waals surface area contributed by atoms with E-state index in [-0.39, 0.29) is 0 Å². The molecule has 0 radical (unpaired) electrons. The van der Waals surface area contributed by atoms with Crippen LogP contribution >= 0.6 is 11.3 Å². The predicted molar refractivity (Wildman–Crippen MR) is 190 cm³/mol. The second-order valence-electron chi connectivity index (χ2n) is 11.2. The molecule has 7 aromatic carbocycles. The molecule has 0 atom stereocenters. The average Bonchev–Trinajstić information content (AvgIpc) is 3.48. The molecule has 9 aromatic rings. The summed E-state index contributed by atoms with van der Waals surface area (Å²) >= 11 is 1.83. The Balaban J connectivity index is 1.27. The molecule has 0 aliphatic rings. The molecule has 2 heterocycles. The van der Waals surface area contributed by atoms with E-state index in [0.717, 1.165) is 28.3 Å². The van der Waals surface area contributed by atoms with Crippen LogP contribution in [0, 0.1) is 0 Å². The third-order valence-corrected chi connectivity index (χ3v) is 9.82. The number of hydrogen-bond donors (Lipinski definition) is 0. The molecule has 3 heteroatoms. The van der Waals surface area contributed by atoms with Crippen molar-refractivity contribution in [2.45, 2.75) is 0 Å². The maximum absolute atomic E-state index is 4.89. The molecule has 0 fully saturated rings. The van der Waals surface area contributed by atoms with Gasteiger partial charge in [-0.25, -0.2) is 0 Å². The van der Waals surface area contributed by atoms with E-state index in [2.05, 4.69) is 157 Å². The summed E-state index contributed by atoms with van der Waals surface area (Å²) in [6.45, 7) is 0. The summed E-state index contributed by atoms with van der Waals surface area (Å²) in [7, 11) is 0. The van der Waals surface area contributed by atoms with Crippen LogP contribution < -0.4 is 4.90 Å². The minimum absolute atomic E-state index is 1.03. The molecule has 0 N–H and O–H groups in total. The highest BCUT2D eigenvalue weighted by atomic mass is 32.1. The molecule has 0 saturated carbocycles. The highest BCUT2D eigenvalue weighted by molar-refractivity contribution is 7.25. The van der Waals surface area contributed by atoms with Crippen LogP contribution in [0.4, 0.5) is 17.1 Å². The van der Waals surface area contributed by atoms with E-state index >= 15 is 0 Å². The van der Waals surface area contributed by atoms with Crippen molar-refractivity contribution in [3.05, 3.63) is 158 Å². The average molecular weight is 579 g/mol. The first-order valence-corrected chi connectivity index (χ1v) is 15.7. The van der Waals surface area contributed by atoms with Crippen LogP contribution in [-0.2, 0) is 0 Å². The molecule has 2 aromatic heterocycles. The van der Waals surface area contributed by atoms with Crippen LogP contribution in [0.15, 0.2) is 158 Å². The summed E-state index contributed by atoms with van der Waals surface area (Å²) in [6.07, 6.45) is 1.93. The van der Waals surface area contributed by atoms with E-state index in [0.29, 0.717) is 0 Å². The Hall–Kier alpha value is -5.51. The van der Waals surface area contributed by atoms with Crippen LogP contribution in [0.5, 0.6) is 0 Å². The van der Waals surface area contributed by atoms with Gasteiger partial charge >= 0.3 is 0 Å². The monoisotopic (exact) mass is 578 g/mol. The molecule has 2 nitrogen and oxygen atoms in total. The molecule has 0 bridgehead atoms. The van der Waals surface area contributed by atoms with Gasteiger partial charge in [0.15, 0.2) is 0 Å².